The molecule has 2 unspecified atom stereocenters. The summed E-state index contributed by atoms with van der Waals surface area (Å²) in [4.78, 5) is 30.9. The molecule has 3 heterocycles. The van der Waals surface area contributed by atoms with Crippen molar-refractivity contribution in [1.29, 1.82) is 0 Å². The number of oxime groups is 1. The molecule has 1 N–H and O–H groups in total. The number of halogens is 1. The molecule has 4 rings (SSSR count). The number of hydrogen-bond donors (Lipinski definition) is 1. The predicted octanol–water partition coefficient (Wildman–Crippen LogP) is 2.72. The number of benzene rings is 1. The topological polar surface area (TPSA) is 91.2 Å². The number of ether oxygens (including phenoxy) is 1. The molecule has 2 atom stereocenters. The standard InChI is InChI=1S/C26H37FN6O4/c1-17-29-23(26(34)28-16-19-6-7-21(27)25(13-19)35-5)15-24(32(17)4)22-14-20(36-30-22)12-18-8-10-33(11-9-18)37-31(2)3/h6-7,13,15,17-18,20H,8-12,14,16H2,1-5H3,(H,28,34). The lowest BCUT2D eigenvalue weighted by Crippen LogP contribution is -2.40. The van der Waals surface area contributed by atoms with E-state index in [4.69, 9.17) is 14.5 Å². The summed E-state index contributed by atoms with van der Waals surface area (Å²) >= 11 is 0. The van der Waals surface area contributed by atoms with Gasteiger partial charge in [-0.1, -0.05) is 11.2 Å². The van der Waals surface area contributed by atoms with Crippen molar-refractivity contribution in [1.82, 2.24) is 20.3 Å². The molecule has 0 spiro atoms. The van der Waals surface area contributed by atoms with Crippen molar-refractivity contribution in [3.05, 3.63) is 41.4 Å². The first-order chi connectivity index (χ1) is 17.7. The van der Waals surface area contributed by atoms with Gasteiger partial charge in [-0.05, 0) is 55.9 Å². The Hall–Kier alpha value is -3.02. The summed E-state index contributed by atoms with van der Waals surface area (Å²) < 4.78 is 18.7. The van der Waals surface area contributed by atoms with Crippen LogP contribution < -0.4 is 10.1 Å². The number of aliphatic imine (C=N–C) groups is 1. The van der Waals surface area contributed by atoms with Crippen LogP contribution in [0.3, 0.4) is 0 Å². The van der Waals surface area contributed by atoms with Crippen molar-refractivity contribution in [2.45, 2.75) is 51.4 Å². The second-order valence-electron chi connectivity index (χ2n) is 9.91. The SMILES string of the molecule is COc1cc(CNC(=O)C2=NC(C)N(C)C(C3=NOC(CC4CCN(ON(C)C)CC4)C3)=C2)ccc1F. The average molecular weight is 517 g/mol. The van der Waals surface area contributed by atoms with Crippen LogP contribution in [0.2, 0.25) is 0 Å². The molecule has 0 aliphatic carbocycles. The van der Waals surface area contributed by atoms with Gasteiger partial charge in [0.05, 0.1) is 12.8 Å². The van der Waals surface area contributed by atoms with E-state index in [2.05, 4.69) is 15.5 Å². The van der Waals surface area contributed by atoms with Gasteiger partial charge in [0.2, 0.25) is 0 Å². The van der Waals surface area contributed by atoms with Gasteiger partial charge in [-0.2, -0.15) is 10.1 Å². The Morgan fingerprint density at radius 3 is 2.76 bits per heavy atom. The third-order valence-corrected chi connectivity index (χ3v) is 6.92. The fourth-order valence-electron chi connectivity index (χ4n) is 4.79. The molecule has 0 radical (unpaired) electrons. The van der Waals surface area contributed by atoms with Crippen molar-refractivity contribution in [2.75, 3.05) is 41.3 Å². The number of carbonyl (C=O) groups excluding carboxylic acids is 1. The predicted molar refractivity (Wildman–Crippen MR) is 138 cm³/mol. The lowest BCUT2D eigenvalue weighted by atomic mass is 9.90. The van der Waals surface area contributed by atoms with Crippen molar-refractivity contribution in [3.8, 4) is 5.75 Å². The highest BCUT2D eigenvalue weighted by atomic mass is 19.1. The zero-order valence-electron chi connectivity index (χ0n) is 22.2. The van der Waals surface area contributed by atoms with Crippen LogP contribution in [0.15, 0.2) is 40.1 Å². The second-order valence-corrected chi connectivity index (χ2v) is 9.91. The number of allylic oxidation sites excluding steroid dienone is 1. The summed E-state index contributed by atoms with van der Waals surface area (Å²) in [7, 11) is 7.12. The Kier molecular flexibility index (Phi) is 8.78. The van der Waals surface area contributed by atoms with Crippen molar-refractivity contribution in [2.24, 2.45) is 16.1 Å². The minimum absolute atomic E-state index is 0.0236. The summed E-state index contributed by atoms with van der Waals surface area (Å²) in [6.07, 6.45) is 5.31. The van der Waals surface area contributed by atoms with Crippen LogP contribution >= 0.6 is 0 Å². The Bertz CT molecular complexity index is 1070. The first-order valence-electron chi connectivity index (χ1n) is 12.7. The molecule has 0 bridgehead atoms. The van der Waals surface area contributed by atoms with Gasteiger partial charge in [-0.25, -0.2) is 9.33 Å². The normalized spacial score (nSPS) is 22.9. The highest BCUT2D eigenvalue weighted by Crippen LogP contribution is 2.29. The maximum atomic E-state index is 13.7. The molecule has 202 valence electrons. The molecule has 3 aliphatic rings. The van der Waals surface area contributed by atoms with Crippen molar-refractivity contribution < 1.29 is 23.7 Å². The zero-order chi connectivity index (χ0) is 26.5. The van der Waals surface area contributed by atoms with E-state index in [1.165, 1.54) is 13.2 Å². The van der Waals surface area contributed by atoms with Gasteiger partial charge in [0.15, 0.2) is 11.6 Å². The number of hydroxylamine groups is 4. The highest BCUT2D eigenvalue weighted by molar-refractivity contribution is 6.44. The Morgan fingerprint density at radius 2 is 2.05 bits per heavy atom. The lowest BCUT2D eigenvalue weighted by Gasteiger charge is -2.33. The minimum Gasteiger partial charge on any atom is -0.494 e. The van der Waals surface area contributed by atoms with Gasteiger partial charge in [0, 0.05) is 47.2 Å². The molecule has 3 aliphatic heterocycles. The van der Waals surface area contributed by atoms with Crippen LogP contribution in [0.25, 0.3) is 0 Å². The molecule has 1 saturated heterocycles. The van der Waals surface area contributed by atoms with E-state index in [9.17, 15) is 9.18 Å². The molecule has 10 nitrogen and oxygen atoms in total. The summed E-state index contributed by atoms with van der Waals surface area (Å²) in [5, 5.41) is 11.0. The van der Waals surface area contributed by atoms with Crippen LogP contribution in [-0.2, 0) is 21.1 Å². The van der Waals surface area contributed by atoms with E-state index in [1.54, 1.807) is 23.3 Å². The van der Waals surface area contributed by atoms with Crippen LogP contribution in [-0.4, -0.2) is 86.0 Å². The largest absolute Gasteiger partial charge is 0.494 e. The molecule has 0 aromatic heterocycles. The number of carbonyl (C=O) groups is 1. The number of methoxy groups -OCH3 is 1. The van der Waals surface area contributed by atoms with E-state index in [1.807, 2.05) is 38.0 Å². The minimum atomic E-state index is -0.444. The van der Waals surface area contributed by atoms with Crippen molar-refractivity contribution in [3.63, 3.8) is 0 Å². The molecule has 37 heavy (non-hydrogen) atoms. The van der Waals surface area contributed by atoms with E-state index in [0.29, 0.717) is 18.1 Å². The fourth-order valence-corrected chi connectivity index (χ4v) is 4.79. The molecule has 1 fully saturated rings. The Balaban J connectivity index is 1.33. The van der Waals surface area contributed by atoms with Gasteiger partial charge in [0.1, 0.15) is 23.7 Å². The monoisotopic (exact) mass is 516 g/mol. The molecule has 11 heteroatoms. The number of nitrogens with one attached hydrogen (secondary N) is 1. The third kappa shape index (κ3) is 6.85. The van der Waals surface area contributed by atoms with Gasteiger partial charge >= 0.3 is 0 Å². The van der Waals surface area contributed by atoms with Gasteiger partial charge in [0.25, 0.3) is 5.91 Å². The van der Waals surface area contributed by atoms with Gasteiger partial charge in [-0.3, -0.25) is 9.79 Å². The third-order valence-electron chi connectivity index (χ3n) is 6.92. The average Bonchev–Trinajstić information content (AvgIpc) is 3.34. The Morgan fingerprint density at radius 1 is 1.30 bits per heavy atom. The van der Waals surface area contributed by atoms with E-state index < -0.39 is 5.82 Å². The van der Waals surface area contributed by atoms with E-state index in [-0.39, 0.29) is 30.5 Å². The quantitative estimate of drug-likeness (QED) is 0.505. The summed E-state index contributed by atoms with van der Waals surface area (Å²) in [5.74, 6) is -0.0455. The number of rotatable bonds is 9. The van der Waals surface area contributed by atoms with Crippen molar-refractivity contribution >= 4 is 17.3 Å². The summed E-state index contributed by atoms with van der Waals surface area (Å²) in [5.41, 5.74) is 2.73. The molecule has 1 aromatic carbocycles. The fraction of sp³-hybridized carbons (Fsp3) is 0.577. The molecular formula is C26H37FN6O4. The Labute approximate surface area is 217 Å². The number of piperidine rings is 1. The van der Waals surface area contributed by atoms with Crippen LogP contribution in [0.5, 0.6) is 5.75 Å². The van der Waals surface area contributed by atoms with Crippen LogP contribution in [0.4, 0.5) is 4.39 Å². The molecular weight excluding hydrogens is 479 g/mol. The second kappa shape index (κ2) is 12.0. The molecule has 1 amide bonds. The van der Waals surface area contributed by atoms with Gasteiger partial charge < -0.3 is 19.8 Å². The maximum Gasteiger partial charge on any atom is 0.269 e. The van der Waals surface area contributed by atoms with E-state index in [0.717, 1.165) is 49.3 Å². The first kappa shape index (κ1) is 27.0. The lowest BCUT2D eigenvalue weighted by molar-refractivity contribution is -0.312. The zero-order valence-corrected chi connectivity index (χ0v) is 22.2. The van der Waals surface area contributed by atoms with Crippen LogP contribution in [0.1, 0.15) is 38.2 Å². The molecule has 1 aromatic rings. The number of amides is 1. The summed E-state index contributed by atoms with van der Waals surface area (Å²) in [6, 6.07) is 4.51. The van der Waals surface area contributed by atoms with Gasteiger partial charge in [-0.15, -0.1) is 0 Å². The first-order valence-corrected chi connectivity index (χ1v) is 12.7. The number of hydrogen-bond acceptors (Lipinski definition) is 9. The maximum absolute atomic E-state index is 13.7. The highest BCUT2D eigenvalue weighted by Gasteiger charge is 2.32. The van der Waals surface area contributed by atoms with E-state index >= 15 is 0 Å². The summed E-state index contributed by atoms with van der Waals surface area (Å²) in [6.45, 7) is 3.96. The molecule has 0 saturated carbocycles. The smallest absolute Gasteiger partial charge is 0.269 e. The number of nitrogens with zero attached hydrogens (tertiary/aromatic N) is 5. The van der Waals surface area contributed by atoms with Crippen LogP contribution in [0, 0.1) is 11.7 Å².